The lowest BCUT2D eigenvalue weighted by Gasteiger charge is -2.14. The van der Waals surface area contributed by atoms with E-state index in [1.807, 2.05) is 42.5 Å². The lowest BCUT2D eigenvalue weighted by molar-refractivity contribution is -0.121. The van der Waals surface area contributed by atoms with Crippen molar-refractivity contribution in [2.24, 2.45) is 5.73 Å². The normalized spacial score (nSPS) is 11.2. The molecule has 0 bridgehead atoms. The van der Waals surface area contributed by atoms with Gasteiger partial charge in [0.05, 0.1) is 6.10 Å². The Kier molecular flexibility index (Phi) is 8.86. The van der Waals surface area contributed by atoms with E-state index >= 15 is 0 Å². The Hall–Kier alpha value is -2.08. The highest BCUT2D eigenvalue weighted by molar-refractivity contribution is 5.85. The molecule has 2 aromatic carbocycles. The minimum atomic E-state index is -0.781. The first-order valence-corrected chi connectivity index (χ1v) is 7.60. The number of rotatable bonds is 8. The number of benzene rings is 2. The summed E-state index contributed by atoms with van der Waals surface area (Å²) in [5.74, 6) is 0.515. The van der Waals surface area contributed by atoms with Gasteiger partial charge in [0.15, 0.2) is 0 Å². The second-order valence-electron chi connectivity index (χ2n) is 5.21. The predicted molar refractivity (Wildman–Crippen MR) is 96.1 cm³/mol. The zero-order valence-corrected chi connectivity index (χ0v) is 14.2. The Morgan fingerprint density at radius 2 is 1.92 bits per heavy atom. The van der Waals surface area contributed by atoms with Gasteiger partial charge in [-0.2, -0.15) is 0 Å². The number of aliphatic hydroxyl groups excluding tert-OH is 1. The molecule has 24 heavy (non-hydrogen) atoms. The third-order valence-corrected chi connectivity index (χ3v) is 3.36. The van der Waals surface area contributed by atoms with Crippen LogP contribution in [0.4, 0.5) is 0 Å². The van der Waals surface area contributed by atoms with Crippen molar-refractivity contribution in [3.8, 4) is 5.75 Å². The van der Waals surface area contributed by atoms with Gasteiger partial charge in [0.2, 0.25) is 5.91 Å². The maximum Gasteiger partial charge on any atom is 0.221 e. The fourth-order valence-electron chi connectivity index (χ4n) is 2.10. The lowest BCUT2D eigenvalue weighted by atomic mass is 10.1. The monoisotopic (exact) mass is 350 g/mol. The molecule has 0 radical (unpaired) electrons. The summed E-state index contributed by atoms with van der Waals surface area (Å²) in [6.07, 6.45) is -0.524. The van der Waals surface area contributed by atoms with E-state index in [4.69, 9.17) is 10.5 Å². The molecule has 2 rings (SSSR count). The van der Waals surface area contributed by atoms with Crippen molar-refractivity contribution in [3.63, 3.8) is 0 Å². The minimum absolute atomic E-state index is 0. The van der Waals surface area contributed by atoms with Crippen LogP contribution in [0.2, 0.25) is 0 Å². The van der Waals surface area contributed by atoms with Crippen LogP contribution in [0.25, 0.3) is 0 Å². The molecule has 130 valence electrons. The number of aliphatic hydroxyl groups is 1. The summed E-state index contributed by atoms with van der Waals surface area (Å²) in [5, 5.41) is 12.8. The second-order valence-corrected chi connectivity index (χ2v) is 5.21. The number of nitrogens with two attached hydrogens (primary N) is 1. The van der Waals surface area contributed by atoms with E-state index in [9.17, 15) is 9.90 Å². The van der Waals surface area contributed by atoms with Crippen molar-refractivity contribution in [3.05, 3.63) is 65.7 Å². The number of hydrogen-bond acceptors (Lipinski definition) is 4. The molecular formula is C18H23ClN2O3. The van der Waals surface area contributed by atoms with E-state index in [0.29, 0.717) is 24.5 Å². The summed E-state index contributed by atoms with van der Waals surface area (Å²) < 4.78 is 5.73. The fraction of sp³-hybridized carbons (Fsp3) is 0.278. The number of hydrogen-bond donors (Lipinski definition) is 3. The standard InChI is InChI=1S/C18H22N2O3.ClH/c19-10-9-18(22)20-12-17(21)15-7-4-8-16(11-15)23-13-14-5-2-1-3-6-14;/h1-8,11,17,21H,9-10,12-13,19H2,(H,20,22);1H. The third kappa shape index (κ3) is 6.58. The Labute approximate surface area is 148 Å². The molecule has 0 aromatic heterocycles. The van der Waals surface area contributed by atoms with Crippen LogP contribution in [0.15, 0.2) is 54.6 Å². The van der Waals surface area contributed by atoms with Gasteiger partial charge in [-0.15, -0.1) is 12.4 Å². The zero-order chi connectivity index (χ0) is 16.5. The molecule has 0 saturated heterocycles. The number of nitrogens with one attached hydrogen (secondary N) is 1. The van der Waals surface area contributed by atoms with Gasteiger partial charge in [0, 0.05) is 19.5 Å². The summed E-state index contributed by atoms with van der Waals surface area (Å²) in [7, 11) is 0. The van der Waals surface area contributed by atoms with Crippen LogP contribution in [-0.2, 0) is 11.4 Å². The molecule has 0 fully saturated rings. The molecular weight excluding hydrogens is 328 g/mol. The zero-order valence-electron chi connectivity index (χ0n) is 13.4. The van der Waals surface area contributed by atoms with E-state index in [1.54, 1.807) is 12.1 Å². The molecule has 0 aliphatic heterocycles. The van der Waals surface area contributed by atoms with Crippen LogP contribution in [-0.4, -0.2) is 24.1 Å². The fourth-order valence-corrected chi connectivity index (χ4v) is 2.10. The van der Waals surface area contributed by atoms with Gasteiger partial charge in [0.25, 0.3) is 0 Å². The van der Waals surface area contributed by atoms with Crippen molar-refractivity contribution in [1.82, 2.24) is 5.32 Å². The van der Waals surface area contributed by atoms with Crippen molar-refractivity contribution in [2.45, 2.75) is 19.1 Å². The molecule has 0 aliphatic carbocycles. The van der Waals surface area contributed by atoms with E-state index in [2.05, 4.69) is 5.32 Å². The van der Waals surface area contributed by atoms with Crippen LogP contribution < -0.4 is 15.8 Å². The summed E-state index contributed by atoms with van der Waals surface area (Å²) in [6.45, 7) is 0.916. The molecule has 0 saturated carbocycles. The van der Waals surface area contributed by atoms with E-state index < -0.39 is 6.10 Å². The molecule has 1 atom stereocenters. The van der Waals surface area contributed by atoms with Gasteiger partial charge in [-0.25, -0.2) is 0 Å². The highest BCUT2D eigenvalue weighted by Gasteiger charge is 2.10. The number of ether oxygens (including phenoxy) is 1. The quantitative estimate of drug-likeness (QED) is 0.681. The van der Waals surface area contributed by atoms with Crippen LogP contribution in [0.5, 0.6) is 5.75 Å². The van der Waals surface area contributed by atoms with Crippen LogP contribution in [0, 0.1) is 0 Å². The molecule has 2 aromatic rings. The van der Waals surface area contributed by atoms with Crippen LogP contribution in [0.3, 0.4) is 0 Å². The molecule has 6 heteroatoms. The summed E-state index contributed by atoms with van der Waals surface area (Å²) in [4.78, 5) is 11.4. The number of carbonyl (C=O) groups excluding carboxylic acids is 1. The Balaban J connectivity index is 0.00000288. The Morgan fingerprint density at radius 1 is 1.17 bits per heavy atom. The van der Waals surface area contributed by atoms with Crippen molar-refractivity contribution >= 4 is 18.3 Å². The second kappa shape index (κ2) is 10.6. The summed E-state index contributed by atoms with van der Waals surface area (Å²) in [6, 6.07) is 17.1. The van der Waals surface area contributed by atoms with Crippen molar-refractivity contribution < 1.29 is 14.6 Å². The number of amides is 1. The average Bonchev–Trinajstić information content (AvgIpc) is 2.59. The maximum absolute atomic E-state index is 11.4. The first kappa shape index (κ1) is 20.0. The van der Waals surface area contributed by atoms with Crippen molar-refractivity contribution in [1.29, 1.82) is 0 Å². The van der Waals surface area contributed by atoms with E-state index in [1.165, 1.54) is 0 Å². The smallest absolute Gasteiger partial charge is 0.221 e. The van der Waals surface area contributed by atoms with Gasteiger partial charge < -0.3 is 20.9 Å². The van der Waals surface area contributed by atoms with Gasteiger partial charge in [0.1, 0.15) is 12.4 Å². The van der Waals surface area contributed by atoms with Crippen LogP contribution >= 0.6 is 12.4 Å². The number of carbonyl (C=O) groups is 1. The van der Waals surface area contributed by atoms with Gasteiger partial charge >= 0.3 is 0 Å². The average molecular weight is 351 g/mol. The Morgan fingerprint density at radius 3 is 2.62 bits per heavy atom. The van der Waals surface area contributed by atoms with Gasteiger partial charge in [-0.3, -0.25) is 4.79 Å². The first-order chi connectivity index (χ1) is 11.2. The lowest BCUT2D eigenvalue weighted by Crippen LogP contribution is -2.29. The molecule has 1 amide bonds. The predicted octanol–water partition coefficient (Wildman–Crippen LogP) is 2.19. The molecule has 5 nitrogen and oxygen atoms in total. The molecule has 4 N–H and O–H groups in total. The largest absolute Gasteiger partial charge is 0.489 e. The van der Waals surface area contributed by atoms with Gasteiger partial charge in [-0.05, 0) is 23.3 Å². The third-order valence-electron chi connectivity index (χ3n) is 3.36. The SMILES string of the molecule is Cl.NCCC(=O)NCC(O)c1cccc(OCc2ccccc2)c1. The van der Waals surface area contributed by atoms with Gasteiger partial charge in [-0.1, -0.05) is 42.5 Å². The minimum Gasteiger partial charge on any atom is -0.489 e. The van der Waals surface area contributed by atoms with E-state index in [-0.39, 0.29) is 31.3 Å². The summed E-state index contributed by atoms with van der Waals surface area (Å²) >= 11 is 0. The van der Waals surface area contributed by atoms with E-state index in [0.717, 1.165) is 5.56 Å². The number of halogens is 1. The summed E-state index contributed by atoms with van der Waals surface area (Å²) in [5.41, 5.74) is 7.08. The molecule has 0 aliphatic rings. The molecule has 1 unspecified atom stereocenters. The highest BCUT2D eigenvalue weighted by atomic mass is 35.5. The molecule has 0 heterocycles. The Bertz CT molecular complexity index is 623. The highest BCUT2D eigenvalue weighted by Crippen LogP contribution is 2.20. The molecule has 0 spiro atoms. The first-order valence-electron chi connectivity index (χ1n) is 7.60. The van der Waals surface area contributed by atoms with Crippen LogP contribution in [0.1, 0.15) is 23.7 Å². The topological polar surface area (TPSA) is 84.6 Å². The maximum atomic E-state index is 11.4. The van der Waals surface area contributed by atoms with Crippen molar-refractivity contribution in [2.75, 3.05) is 13.1 Å².